The van der Waals surface area contributed by atoms with Gasteiger partial charge in [0, 0.05) is 17.6 Å². The van der Waals surface area contributed by atoms with Gasteiger partial charge < -0.3 is 16.4 Å². The minimum atomic E-state index is 0.0749. The topological polar surface area (TPSA) is 67.2 Å². The Kier molecular flexibility index (Phi) is 2.69. The first-order valence-corrected chi connectivity index (χ1v) is 6.96. The molecule has 1 aliphatic heterocycles. The van der Waals surface area contributed by atoms with E-state index in [1.807, 2.05) is 6.07 Å². The van der Waals surface area contributed by atoms with Gasteiger partial charge in [-0.2, -0.15) is 0 Å². The average molecular weight is 259 g/mol. The number of hydrogen-bond acceptors (Lipinski definition) is 3. The highest BCUT2D eigenvalue weighted by molar-refractivity contribution is 5.95. The molecule has 19 heavy (non-hydrogen) atoms. The number of hydrogen-bond donors (Lipinski definition) is 3. The summed E-state index contributed by atoms with van der Waals surface area (Å²) in [7, 11) is 0. The summed E-state index contributed by atoms with van der Waals surface area (Å²) in [5.41, 5.74) is 9.92. The standard InChI is InChI=1S/C15H21N3O/c1-15(2,10-4-5-10)18-13-7-9-3-6-14(19)17-12(9)8-11(13)16/h7-8,10,18H,3-6,16H2,1-2H3,(H,17,19). The van der Waals surface area contributed by atoms with Gasteiger partial charge in [0.1, 0.15) is 0 Å². The fraction of sp³-hybridized carbons (Fsp3) is 0.533. The molecule has 1 amide bonds. The fourth-order valence-electron chi connectivity index (χ4n) is 2.81. The normalized spacial score (nSPS) is 18.7. The third kappa shape index (κ3) is 2.39. The molecule has 0 radical (unpaired) electrons. The third-order valence-electron chi connectivity index (χ3n) is 4.23. The number of nitrogens with one attached hydrogen (secondary N) is 2. The largest absolute Gasteiger partial charge is 0.397 e. The second-order valence-electron chi connectivity index (χ2n) is 6.27. The van der Waals surface area contributed by atoms with E-state index in [9.17, 15) is 4.79 Å². The van der Waals surface area contributed by atoms with E-state index in [1.165, 1.54) is 18.4 Å². The van der Waals surface area contributed by atoms with E-state index in [2.05, 4.69) is 30.5 Å². The maximum Gasteiger partial charge on any atom is 0.224 e. The SMILES string of the molecule is CC(C)(Nc1cc2c(cc1N)NC(=O)CC2)C1CC1. The number of nitrogen functional groups attached to an aromatic ring is 1. The lowest BCUT2D eigenvalue weighted by Crippen LogP contribution is -2.33. The van der Waals surface area contributed by atoms with Crippen molar-refractivity contribution in [1.82, 2.24) is 0 Å². The summed E-state index contributed by atoms with van der Waals surface area (Å²) in [5.74, 6) is 0.813. The second-order valence-corrected chi connectivity index (χ2v) is 6.27. The molecular formula is C15H21N3O. The van der Waals surface area contributed by atoms with Gasteiger partial charge in [-0.15, -0.1) is 0 Å². The van der Waals surface area contributed by atoms with Crippen molar-refractivity contribution in [2.45, 2.75) is 45.1 Å². The Hall–Kier alpha value is -1.71. The van der Waals surface area contributed by atoms with E-state index in [-0.39, 0.29) is 11.4 Å². The average Bonchev–Trinajstić information content (AvgIpc) is 3.14. The number of nitrogens with two attached hydrogens (primary N) is 1. The molecule has 1 aliphatic carbocycles. The Bertz CT molecular complexity index is 532. The number of rotatable bonds is 3. The van der Waals surface area contributed by atoms with E-state index in [4.69, 9.17) is 5.73 Å². The van der Waals surface area contributed by atoms with Crippen LogP contribution in [0.25, 0.3) is 0 Å². The number of fused-ring (bicyclic) bond motifs is 1. The highest BCUT2D eigenvalue weighted by Crippen LogP contribution is 2.42. The maximum absolute atomic E-state index is 11.4. The van der Waals surface area contributed by atoms with Gasteiger partial charge in [0.2, 0.25) is 5.91 Å². The van der Waals surface area contributed by atoms with Crippen molar-refractivity contribution in [3.05, 3.63) is 17.7 Å². The van der Waals surface area contributed by atoms with Gasteiger partial charge >= 0.3 is 0 Å². The van der Waals surface area contributed by atoms with Crippen LogP contribution in [0.3, 0.4) is 0 Å². The van der Waals surface area contributed by atoms with E-state index in [1.54, 1.807) is 0 Å². The van der Waals surface area contributed by atoms with Gasteiger partial charge in [-0.1, -0.05) is 0 Å². The third-order valence-corrected chi connectivity index (χ3v) is 4.23. The molecule has 102 valence electrons. The zero-order chi connectivity index (χ0) is 13.6. The lowest BCUT2D eigenvalue weighted by atomic mass is 9.96. The van der Waals surface area contributed by atoms with Crippen molar-refractivity contribution in [2.24, 2.45) is 5.92 Å². The molecule has 0 bridgehead atoms. The summed E-state index contributed by atoms with van der Waals surface area (Å²) in [6, 6.07) is 3.96. The Labute approximate surface area is 113 Å². The van der Waals surface area contributed by atoms with E-state index < -0.39 is 0 Å². The van der Waals surface area contributed by atoms with Gasteiger partial charge in [-0.05, 0) is 56.7 Å². The van der Waals surface area contributed by atoms with Crippen LogP contribution in [0.4, 0.5) is 17.1 Å². The molecule has 0 aromatic heterocycles. The summed E-state index contributed by atoms with van der Waals surface area (Å²) in [6.07, 6.45) is 3.93. The maximum atomic E-state index is 11.4. The number of carbonyl (C=O) groups excluding carboxylic acids is 1. The number of aryl methyl sites for hydroxylation is 1. The Morgan fingerprint density at radius 1 is 1.32 bits per heavy atom. The zero-order valence-electron chi connectivity index (χ0n) is 11.5. The summed E-state index contributed by atoms with van der Waals surface area (Å²) in [5, 5.41) is 6.45. The van der Waals surface area contributed by atoms with E-state index >= 15 is 0 Å². The van der Waals surface area contributed by atoms with Gasteiger partial charge in [-0.3, -0.25) is 4.79 Å². The highest BCUT2D eigenvalue weighted by atomic mass is 16.1. The first kappa shape index (κ1) is 12.3. The first-order valence-electron chi connectivity index (χ1n) is 6.96. The van der Waals surface area contributed by atoms with E-state index in [0.29, 0.717) is 12.1 Å². The molecule has 0 atom stereocenters. The Morgan fingerprint density at radius 2 is 2.05 bits per heavy atom. The van der Waals surface area contributed by atoms with Crippen LogP contribution in [0, 0.1) is 5.92 Å². The minimum absolute atomic E-state index is 0.0749. The highest BCUT2D eigenvalue weighted by Gasteiger charge is 2.38. The molecule has 0 unspecified atom stereocenters. The second kappa shape index (κ2) is 4.15. The van der Waals surface area contributed by atoms with Crippen LogP contribution in [0.1, 0.15) is 38.7 Å². The molecule has 2 aliphatic rings. The van der Waals surface area contributed by atoms with Gasteiger partial charge in [-0.25, -0.2) is 0 Å². The van der Waals surface area contributed by atoms with Crippen LogP contribution >= 0.6 is 0 Å². The zero-order valence-corrected chi connectivity index (χ0v) is 11.5. The lowest BCUT2D eigenvalue weighted by molar-refractivity contribution is -0.116. The molecule has 4 heteroatoms. The Balaban J connectivity index is 1.88. The molecule has 0 saturated heterocycles. The van der Waals surface area contributed by atoms with Gasteiger partial charge in [0.05, 0.1) is 11.4 Å². The Morgan fingerprint density at radius 3 is 2.74 bits per heavy atom. The molecule has 1 saturated carbocycles. The molecule has 1 aromatic carbocycles. The summed E-state index contributed by atoms with van der Waals surface area (Å²) < 4.78 is 0. The van der Waals surface area contributed by atoms with Crippen LogP contribution in [0.5, 0.6) is 0 Å². The summed E-state index contributed by atoms with van der Waals surface area (Å²) in [4.78, 5) is 11.4. The monoisotopic (exact) mass is 259 g/mol. The van der Waals surface area contributed by atoms with Crippen LogP contribution < -0.4 is 16.4 Å². The van der Waals surface area contributed by atoms with Crippen LogP contribution in [-0.2, 0) is 11.2 Å². The molecule has 1 heterocycles. The van der Waals surface area contributed by atoms with Crippen molar-refractivity contribution < 1.29 is 4.79 Å². The fourth-order valence-corrected chi connectivity index (χ4v) is 2.81. The van der Waals surface area contributed by atoms with Gasteiger partial charge in [0.25, 0.3) is 0 Å². The summed E-state index contributed by atoms with van der Waals surface area (Å²) in [6.45, 7) is 4.46. The molecule has 0 spiro atoms. The molecule has 4 N–H and O–H groups in total. The van der Waals surface area contributed by atoms with E-state index in [0.717, 1.165) is 23.7 Å². The number of amides is 1. The minimum Gasteiger partial charge on any atom is -0.397 e. The predicted octanol–water partition coefficient (Wildman–Crippen LogP) is 2.75. The predicted molar refractivity (Wildman–Crippen MR) is 78.2 cm³/mol. The molecular weight excluding hydrogens is 238 g/mol. The van der Waals surface area contributed by atoms with Crippen molar-refractivity contribution in [3.63, 3.8) is 0 Å². The van der Waals surface area contributed by atoms with Crippen molar-refractivity contribution in [2.75, 3.05) is 16.4 Å². The quantitative estimate of drug-likeness (QED) is 0.731. The number of benzene rings is 1. The molecule has 1 fully saturated rings. The van der Waals surface area contributed by atoms with Crippen molar-refractivity contribution >= 4 is 23.0 Å². The van der Waals surface area contributed by atoms with Crippen LogP contribution in [0.15, 0.2) is 12.1 Å². The first-order chi connectivity index (χ1) is 8.95. The number of carbonyl (C=O) groups is 1. The van der Waals surface area contributed by atoms with Gasteiger partial charge in [0.15, 0.2) is 0 Å². The molecule has 4 nitrogen and oxygen atoms in total. The number of anilines is 3. The molecule has 3 rings (SSSR count). The van der Waals surface area contributed by atoms with Crippen LogP contribution in [-0.4, -0.2) is 11.4 Å². The van der Waals surface area contributed by atoms with Crippen LogP contribution in [0.2, 0.25) is 0 Å². The summed E-state index contributed by atoms with van der Waals surface area (Å²) >= 11 is 0. The van der Waals surface area contributed by atoms with Crippen molar-refractivity contribution in [3.8, 4) is 0 Å². The smallest absolute Gasteiger partial charge is 0.224 e. The lowest BCUT2D eigenvalue weighted by Gasteiger charge is -2.29. The van der Waals surface area contributed by atoms with Crippen molar-refractivity contribution in [1.29, 1.82) is 0 Å². The molecule has 1 aromatic rings.